The van der Waals surface area contributed by atoms with E-state index in [0.29, 0.717) is 6.61 Å². The number of carbonyl (C=O) groups excluding carboxylic acids is 1. The Bertz CT molecular complexity index is 371. The maximum absolute atomic E-state index is 12.6. The molecule has 160 valence electrons. The lowest BCUT2D eigenvalue weighted by atomic mass is 9.79. The highest BCUT2D eigenvalue weighted by atomic mass is 16.5. The first-order valence-corrected chi connectivity index (χ1v) is 12.2. The van der Waals surface area contributed by atoms with Gasteiger partial charge in [0, 0.05) is 5.41 Å². The summed E-state index contributed by atoms with van der Waals surface area (Å²) >= 11 is 0. The SMILES string of the molecule is CCCCCCC(C)(CCCC)COC(=O)C1CCC(CCCCC)CC1. The van der Waals surface area contributed by atoms with Crippen LogP contribution in [0.5, 0.6) is 0 Å². The van der Waals surface area contributed by atoms with Crippen LogP contribution in [0, 0.1) is 17.3 Å². The van der Waals surface area contributed by atoms with Crippen molar-refractivity contribution in [1.29, 1.82) is 0 Å². The van der Waals surface area contributed by atoms with Gasteiger partial charge < -0.3 is 4.74 Å². The molecule has 1 unspecified atom stereocenters. The van der Waals surface area contributed by atoms with Crippen molar-refractivity contribution >= 4 is 5.97 Å². The number of rotatable bonds is 15. The minimum Gasteiger partial charge on any atom is -0.465 e. The molecule has 0 spiro atoms. The van der Waals surface area contributed by atoms with E-state index in [4.69, 9.17) is 4.74 Å². The first kappa shape index (κ1) is 24.5. The van der Waals surface area contributed by atoms with Crippen LogP contribution in [-0.4, -0.2) is 12.6 Å². The van der Waals surface area contributed by atoms with E-state index in [1.807, 2.05) is 0 Å². The summed E-state index contributed by atoms with van der Waals surface area (Å²) in [7, 11) is 0. The zero-order valence-corrected chi connectivity index (χ0v) is 19.0. The summed E-state index contributed by atoms with van der Waals surface area (Å²) in [5.41, 5.74) is 0.177. The lowest BCUT2D eigenvalue weighted by molar-refractivity contribution is -0.153. The zero-order chi connectivity index (χ0) is 20.0. The topological polar surface area (TPSA) is 26.3 Å². The molecule has 1 aliphatic rings. The molecule has 0 aromatic rings. The third-order valence-electron chi connectivity index (χ3n) is 6.73. The van der Waals surface area contributed by atoms with E-state index < -0.39 is 0 Å². The Hall–Kier alpha value is -0.530. The summed E-state index contributed by atoms with van der Waals surface area (Å²) in [5, 5.41) is 0. The van der Waals surface area contributed by atoms with E-state index in [2.05, 4.69) is 27.7 Å². The molecule has 0 saturated heterocycles. The molecule has 0 heterocycles. The largest absolute Gasteiger partial charge is 0.465 e. The van der Waals surface area contributed by atoms with Gasteiger partial charge in [0.1, 0.15) is 0 Å². The molecule has 2 nitrogen and oxygen atoms in total. The Morgan fingerprint density at radius 3 is 2.04 bits per heavy atom. The van der Waals surface area contributed by atoms with Gasteiger partial charge in [0.05, 0.1) is 12.5 Å². The Balaban J connectivity index is 2.35. The second-order valence-electron chi connectivity index (χ2n) is 9.55. The normalized spacial score (nSPS) is 22.4. The molecule has 0 N–H and O–H groups in total. The molecular formula is C25H48O2. The van der Waals surface area contributed by atoms with E-state index >= 15 is 0 Å². The van der Waals surface area contributed by atoms with E-state index in [0.717, 1.165) is 18.8 Å². The fourth-order valence-corrected chi connectivity index (χ4v) is 4.58. The van der Waals surface area contributed by atoms with Gasteiger partial charge in [-0.3, -0.25) is 4.79 Å². The van der Waals surface area contributed by atoms with Crippen LogP contribution < -0.4 is 0 Å². The standard InChI is InChI=1S/C25H48O2/c1-5-8-11-13-20-25(4,19-10-7-3)21-27-24(26)23-17-15-22(16-18-23)14-12-9-6-2/h22-23H,5-21H2,1-4H3. The number of esters is 1. The summed E-state index contributed by atoms with van der Waals surface area (Å²) in [5.74, 6) is 1.12. The summed E-state index contributed by atoms with van der Waals surface area (Å²) < 4.78 is 5.90. The van der Waals surface area contributed by atoms with Crippen LogP contribution in [0.3, 0.4) is 0 Å². The summed E-state index contributed by atoms with van der Waals surface area (Å²) in [6.07, 6.45) is 20.0. The molecule has 1 aliphatic carbocycles. The quantitative estimate of drug-likeness (QED) is 0.212. The van der Waals surface area contributed by atoms with E-state index in [-0.39, 0.29) is 17.3 Å². The van der Waals surface area contributed by atoms with Crippen LogP contribution in [0.25, 0.3) is 0 Å². The number of carbonyl (C=O) groups is 1. The smallest absolute Gasteiger partial charge is 0.308 e. The average Bonchev–Trinajstić information content (AvgIpc) is 2.69. The summed E-state index contributed by atoms with van der Waals surface area (Å²) in [4.78, 5) is 12.6. The van der Waals surface area contributed by atoms with Crippen molar-refractivity contribution in [2.24, 2.45) is 17.3 Å². The van der Waals surface area contributed by atoms with Gasteiger partial charge in [-0.1, -0.05) is 91.9 Å². The van der Waals surface area contributed by atoms with Gasteiger partial charge in [-0.15, -0.1) is 0 Å². The Labute approximate surface area is 170 Å². The second-order valence-corrected chi connectivity index (χ2v) is 9.55. The van der Waals surface area contributed by atoms with Gasteiger partial charge in [-0.2, -0.15) is 0 Å². The molecule has 0 amide bonds. The molecule has 0 aromatic heterocycles. The number of ether oxygens (including phenoxy) is 1. The van der Waals surface area contributed by atoms with Crippen molar-refractivity contribution in [1.82, 2.24) is 0 Å². The monoisotopic (exact) mass is 380 g/mol. The van der Waals surface area contributed by atoms with Crippen molar-refractivity contribution in [3.05, 3.63) is 0 Å². The average molecular weight is 381 g/mol. The van der Waals surface area contributed by atoms with Crippen LogP contribution in [0.1, 0.15) is 130 Å². The van der Waals surface area contributed by atoms with E-state index in [1.54, 1.807) is 0 Å². The Kier molecular flexibility index (Phi) is 13.1. The van der Waals surface area contributed by atoms with E-state index in [9.17, 15) is 4.79 Å². The fraction of sp³-hybridized carbons (Fsp3) is 0.960. The zero-order valence-electron chi connectivity index (χ0n) is 19.0. The van der Waals surface area contributed by atoms with Crippen LogP contribution in [0.15, 0.2) is 0 Å². The predicted octanol–water partition coefficient (Wildman–Crippen LogP) is 8.08. The van der Waals surface area contributed by atoms with Crippen LogP contribution in [0.2, 0.25) is 0 Å². The maximum Gasteiger partial charge on any atom is 0.308 e. The first-order chi connectivity index (χ1) is 13.0. The molecular weight excluding hydrogens is 332 g/mol. The highest BCUT2D eigenvalue weighted by Crippen LogP contribution is 2.35. The molecule has 0 aliphatic heterocycles. The highest BCUT2D eigenvalue weighted by molar-refractivity contribution is 5.72. The molecule has 27 heavy (non-hydrogen) atoms. The molecule has 1 rings (SSSR count). The molecule has 1 fully saturated rings. The number of hydrogen-bond acceptors (Lipinski definition) is 2. The summed E-state index contributed by atoms with van der Waals surface area (Å²) in [6, 6.07) is 0. The van der Waals surface area contributed by atoms with Gasteiger partial charge in [-0.05, 0) is 44.4 Å². The van der Waals surface area contributed by atoms with Crippen molar-refractivity contribution in [2.45, 2.75) is 130 Å². The third kappa shape index (κ3) is 10.5. The predicted molar refractivity (Wildman–Crippen MR) is 117 cm³/mol. The van der Waals surface area contributed by atoms with Crippen LogP contribution >= 0.6 is 0 Å². The first-order valence-electron chi connectivity index (χ1n) is 12.2. The minimum atomic E-state index is 0.0956. The fourth-order valence-electron chi connectivity index (χ4n) is 4.58. The molecule has 1 saturated carbocycles. The number of unbranched alkanes of at least 4 members (excludes halogenated alkanes) is 6. The summed E-state index contributed by atoms with van der Waals surface area (Å²) in [6.45, 7) is 9.75. The van der Waals surface area contributed by atoms with Crippen molar-refractivity contribution < 1.29 is 9.53 Å². The third-order valence-corrected chi connectivity index (χ3v) is 6.73. The van der Waals surface area contributed by atoms with Gasteiger partial charge in [0.15, 0.2) is 0 Å². The lowest BCUT2D eigenvalue weighted by Crippen LogP contribution is -2.30. The molecule has 2 heteroatoms. The Morgan fingerprint density at radius 2 is 1.41 bits per heavy atom. The lowest BCUT2D eigenvalue weighted by Gasteiger charge is -2.31. The molecule has 0 aromatic carbocycles. The van der Waals surface area contributed by atoms with Gasteiger partial charge in [0.25, 0.3) is 0 Å². The van der Waals surface area contributed by atoms with Crippen molar-refractivity contribution in [3.63, 3.8) is 0 Å². The second kappa shape index (κ2) is 14.5. The molecule has 0 radical (unpaired) electrons. The molecule has 0 bridgehead atoms. The van der Waals surface area contributed by atoms with Crippen molar-refractivity contribution in [3.8, 4) is 0 Å². The minimum absolute atomic E-state index is 0.0956. The Morgan fingerprint density at radius 1 is 0.815 bits per heavy atom. The van der Waals surface area contributed by atoms with Gasteiger partial charge in [0.2, 0.25) is 0 Å². The van der Waals surface area contributed by atoms with Gasteiger partial charge >= 0.3 is 5.97 Å². The highest BCUT2D eigenvalue weighted by Gasteiger charge is 2.30. The van der Waals surface area contributed by atoms with Crippen molar-refractivity contribution in [2.75, 3.05) is 6.61 Å². The molecule has 1 atom stereocenters. The maximum atomic E-state index is 12.6. The van der Waals surface area contributed by atoms with E-state index in [1.165, 1.54) is 89.9 Å². The number of hydrogen-bond donors (Lipinski definition) is 0. The van der Waals surface area contributed by atoms with Gasteiger partial charge in [-0.25, -0.2) is 0 Å². The van der Waals surface area contributed by atoms with Crippen LogP contribution in [-0.2, 0) is 9.53 Å². The van der Waals surface area contributed by atoms with Crippen LogP contribution in [0.4, 0.5) is 0 Å².